The standard InChI is InChI=1S/C23H24FN3O2/c24-19-10-4-2-9-18(19)22(28)26-21(23(29)27-12-6-1-7-13-27)14-16-15-25-20-11-5-3-8-17(16)20/h2-5,8-11,15,21,25H,1,6-7,12-14H2,(H,26,28)/t21-/m0/s1. The van der Waals surface area contributed by atoms with Crippen LogP contribution in [0.5, 0.6) is 0 Å². The number of benzene rings is 2. The second-order valence-corrected chi connectivity index (χ2v) is 7.46. The number of hydrogen-bond acceptors (Lipinski definition) is 2. The Morgan fingerprint density at radius 2 is 1.76 bits per heavy atom. The second kappa shape index (κ2) is 8.47. The molecule has 0 radical (unpaired) electrons. The lowest BCUT2D eigenvalue weighted by atomic mass is 10.0. The summed E-state index contributed by atoms with van der Waals surface area (Å²) in [5.74, 6) is -1.28. The van der Waals surface area contributed by atoms with E-state index in [1.807, 2.05) is 35.4 Å². The third kappa shape index (κ3) is 4.16. The van der Waals surface area contributed by atoms with Gasteiger partial charge in [-0.05, 0) is 43.0 Å². The minimum absolute atomic E-state index is 0.0529. The molecule has 1 aliphatic heterocycles. The van der Waals surface area contributed by atoms with Gasteiger partial charge in [0.15, 0.2) is 0 Å². The molecular formula is C23H24FN3O2. The molecule has 0 saturated carbocycles. The van der Waals surface area contributed by atoms with Crippen LogP contribution < -0.4 is 5.32 Å². The van der Waals surface area contributed by atoms with Gasteiger partial charge in [0, 0.05) is 36.6 Å². The Bertz CT molecular complexity index is 1020. The van der Waals surface area contributed by atoms with Crippen molar-refractivity contribution in [2.75, 3.05) is 13.1 Å². The van der Waals surface area contributed by atoms with E-state index in [-0.39, 0.29) is 11.5 Å². The second-order valence-electron chi connectivity index (χ2n) is 7.46. The monoisotopic (exact) mass is 393 g/mol. The van der Waals surface area contributed by atoms with Gasteiger partial charge >= 0.3 is 0 Å². The number of aromatic nitrogens is 1. The Kier molecular flexibility index (Phi) is 5.60. The maximum Gasteiger partial charge on any atom is 0.254 e. The molecule has 4 rings (SSSR count). The lowest BCUT2D eigenvalue weighted by molar-refractivity contribution is -0.134. The normalized spacial score (nSPS) is 15.3. The van der Waals surface area contributed by atoms with E-state index < -0.39 is 17.8 Å². The van der Waals surface area contributed by atoms with Gasteiger partial charge in [-0.15, -0.1) is 0 Å². The third-order valence-electron chi connectivity index (χ3n) is 5.49. The number of H-pyrrole nitrogens is 1. The first-order valence-corrected chi connectivity index (χ1v) is 10.0. The first-order chi connectivity index (χ1) is 14.1. The number of amides is 2. The Morgan fingerprint density at radius 3 is 2.55 bits per heavy atom. The van der Waals surface area contributed by atoms with Crippen LogP contribution in [0.1, 0.15) is 35.2 Å². The lowest BCUT2D eigenvalue weighted by Crippen LogP contribution is -2.51. The number of nitrogens with one attached hydrogen (secondary N) is 2. The minimum atomic E-state index is -0.751. The number of piperidine rings is 1. The molecule has 1 aromatic heterocycles. The Hall–Kier alpha value is -3.15. The summed E-state index contributed by atoms with van der Waals surface area (Å²) in [4.78, 5) is 31.0. The van der Waals surface area contributed by atoms with Crippen molar-refractivity contribution < 1.29 is 14.0 Å². The fraction of sp³-hybridized carbons (Fsp3) is 0.304. The molecule has 2 aromatic carbocycles. The van der Waals surface area contributed by atoms with Crippen molar-refractivity contribution in [2.24, 2.45) is 0 Å². The number of rotatable bonds is 5. The molecule has 2 amide bonds. The average molecular weight is 393 g/mol. The summed E-state index contributed by atoms with van der Waals surface area (Å²) in [6.45, 7) is 1.39. The SMILES string of the molecule is O=C(N[C@@H](Cc1c[nH]c2ccccc12)C(=O)N1CCCCC1)c1ccccc1F. The Morgan fingerprint density at radius 1 is 1.03 bits per heavy atom. The molecule has 6 heteroatoms. The lowest BCUT2D eigenvalue weighted by Gasteiger charge is -2.30. The minimum Gasteiger partial charge on any atom is -0.361 e. The molecule has 2 heterocycles. The number of carbonyl (C=O) groups excluding carboxylic acids is 2. The fourth-order valence-electron chi connectivity index (χ4n) is 3.94. The maximum absolute atomic E-state index is 14.1. The van der Waals surface area contributed by atoms with Crippen LogP contribution in [0.25, 0.3) is 10.9 Å². The summed E-state index contributed by atoms with van der Waals surface area (Å²) < 4.78 is 14.1. The van der Waals surface area contributed by atoms with Crippen molar-refractivity contribution in [1.82, 2.24) is 15.2 Å². The highest BCUT2D eigenvalue weighted by Gasteiger charge is 2.29. The van der Waals surface area contributed by atoms with E-state index in [9.17, 15) is 14.0 Å². The van der Waals surface area contributed by atoms with Crippen LogP contribution in [-0.2, 0) is 11.2 Å². The van der Waals surface area contributed by atoms with Gasteiger partial charge < -0.3 is 15.2 Å². The van der Waals surface area contributed by atoms with Gasteiger partial charge in [-0.1, -0.05) is 30.3 Å². The summed E-state index contributed by atoms with van der Waals surface area (Å²) in [5.41, 5.74) is 1.87. The molecule has 0 aliphatic carbocycles. The van der Waals surface area contributed by atoms with Crippen molar-refractivity contribution >= 4 is 22.7 Å². The van der Waals surface area contributed by atoms with Crippen LogP contribution in [0.4, 0.5) is 4.39 Å². The first-order valence-electron chi connectivity index (χ1n) is 10.0. The number of hydrogen-bond donors (Lipinski definition) is 2. The van der Waals surface area contributed by atoms with Crippen LogP contribution in [0.15, 0.2) is 54.7 Å². The van der Waals surface area contributed by atoms with Gasteiger partial charge in [-0.25, -0.2) is 4.39 Å². The number of carbonyl (C=O) groups is 2. The van der Waals surface area contributed by atoms with Crippen LogP contribution in [0, 0.1) is 5.82 Å². The summed E-state index contributed by atoms with van der Waals surface area (Å²) in [5, 5.41) is 3.81. The molecule has 150 valence electrons. The highest BCUT2D eigenvalue weighted by atomic mass is 19.1. The molecule has 1 atom stereocenters. The summed E-state index contributed by atoms with van der Waals surface area (Å²) >= 11 is 0. The molecule has 0 bridgehead atoms. The topological polar surface area (TPSA) is 65.2 Å². The molecular weight excluding hydrogens is 369 g/mol. The summed E-state index contributed by atoms with van der Waals surface area (Å²) in [6, 6.07) is 12.9. The molecule has 2 N–H and O–H groups in total. The van der Waals surface area contributed by atoms with Crippen LogP contribution in [0.2, 0.25) is 0 Å². The zero-order valence-corrected chi connectivity index (χ0v) is 16.2. The third-order valence-corrected chi connectivity index (χ3v) is 5.49. The Labute approximate surface area is 168 Å². The molecule has 1 aliphatic rings. The van der Waals surface area contributed by atoms with Crippen LogP contribution >= 0.6 is 0 Å². The molecule has 29 heavy (non-hydrogen) atoms. The molecule has 3 aromatic rings. The van der Waals surface area contributed by atoms with Gasteiger partial charge in [-0.2, -0.15) is 0 Å². The van der Waals surface area contributed by atoms with Crippen molar-refractivity contribution in [3.63, 3.8) is 0 Å². The van der Waals surface area contributed by atoms with E-state index >= 15 is 0 Å². The number of para-hydroxylation sites is 1. The molecule has 5 nitrogen and oxygen atoms in total. The predicted molar refractivity (Wildman–Crippen MR) is 110 cm³/mol. The molecule has 1 saturated heterocycles. The van der Waals surface area contributed by atoms with Crippen LogP contribution in [-0.4, -0.2) is 40.8 Å². The largest absolute Gasteiger partial charge is 0.361 e. The van der Waals surface area contributed by atoms with Crippen LogP contribution in [0.3, 0.4) is 0 Å². The number of halogens is 1. The van der Waals surface area contributed by atoms with Gasteiger partial charge in [0.1, 0.15) is 11.9 Å². The summed E-state index contributed by atoms with van der Waals surface area (Å²) in [7, 11) is 0. The summed E-state index contributed by atoms with van der Waals surface area (Å²) in [6.07, 6.45) is 5.26. The smallest absolute Gasteiger partial charge is 0.254 e. The van der Waals surface area contributed by atoms with Gasteiger partial charge in [0.05, 0.1) is 5.56 Å². The molecule has 0 spiro atoms. The van der Waals surface area contributed by atoms with Gasteiger partial charge in [0.25, 0.3) is 5.91 Å². The predicted octanol–water partition coefficient (Wildman–Crippen LogP) is 3.66. The van der Waals surface area contributed by atoms with E-state index in [0.29, 0.717) is 19.5 Å². The number of nitrogens with zero attached hydrogens (tertiary/aromatic N) is 1. The quantitative estimate of drug-likeness (QED) is 0.695. The average Bonchev–Trinajstić information content (AvgIpc) is 3.16. The maximum atomic E-state index is 14.1. The Balaban J connectivity index is 1.60. The van der Waals surface area contributed by atoms with E-state index in [2.05, 4.69) is 10.3 Å². The van der Waals surface area contributed by atoms with E-state index in [0.717, 1.165) is 35.7 Å². The van der Waals surface area contributed by atoms with E-state index in [4.69, 9.17) is 0 Å². The zero-order valence-electron chi connectivity index (χ0n) is 16.2. The van der Waals surface area contributed by atoms with Crippen molar-refractivity contribution in [2.45, 2.75) is 31.7 Å². The van der Waals surface area contributed by atoms with Crippen molar-refractivity contribution in [3.8, 4) is 0 Å². The number of likely N-dealkylation sites (tertiary alicyclic amines) is 1. The molecule has 0 unspecified atom stereocenters. The van der Waals surface area contributed by atoms with Gasteiger partial charge in [0.2, 0.25) is 5.91 Å². The highest BCUT2D eigenvalue weighted by molar-refractivity contribution is 5.98. The highest BCUT2D eigenvalue weighted by Crippen LogP contribution is 2.21. The number of fused-ring (bicyclic) bond motifs is 1. The van der Waals surface area contributed by atoms with Crippen molar-refractivity contribution in [3.05, 3.63) is 71.7 Å². The fourth-order valence-corrected chi connectivity index (χ4v) is 3.94. The van der Waals surface area contributed by atoms with Gasteiger partial charge in [-0.3, -0.25) is 9.59 Å². The molecule has 1 fully saturated rings. The van der Waals surface area contributed by atoms with Crippen molar-refractivity contribution in [1.29, 1.82) is 0 Å². The van der Waals surface area contributed by atoms with E-state index in [1.54, 1.807) is 6.07 Å². The number of aromatic amines is 1. The first kappa shape index (κ1) is 19.2. The zero-order chi connectivity index (χ0) is 20.2. The van der Waals surface area contributed by atoms with E-state index in [1.165, 1.54) is 18.2 Å².